The first kappa shape index (κ1) is 18.4. The van der Waals surface area contributed by atoms with E-state index in [1.54, 1.807) is 12.3 Å². The van der Waals surface area contributed by atoms with Crippen molar-refractivity contribution in [3.63, 3.8) is 0 Å². The average Bonchev–Trinajstić information content (AvgIpc) is 3.13. The van der Waals surface area contributed by atoms with Gasteiger partial charge in [0.2, 0.25) is 0 Å². The number of carboxylic acids is 1. The smallest absolute Gasteiger partial charge is 0.336 e. The molecule has 1 aliphatic carbocycles. The SMILES string of the molecule is NC1CCC(n2ncc(-c3ccccc3)c2Cc2cnccc2C(=O)O)CC1. The highest BCUT2D eigenvalue weighted by atomic mass is 16.4. The number of benzene rings is 1. The van der Waals surface area contributed by atoms with Crippen molar-refractivity contribution in [3.05, 3.63) is 71.8 Å². The Hall–Kier alpha value is -2.99. The number of aromatic nitrogens is 3. The van der Waals surface area contributed by atoms with E-state index in [2.05, 4.69) is 21.8 Å². The molecule has 28 heavy (non-hydrogen) atoms. The van der Waals surface area contributed by atoms with Crippen LogP contribution in [0.4, 0.5) is 0 Å². The molecule has 144 valence electrons. The van der Waals surface area contributed by atoms with Crippen molar-refractivity contribution in [2.45, 2.75) is 44.2 Å². The van der Waals surface area contributed by atoms with Crippen LogP contribution in [0, 0.1) is 0 Å². The average molecular weight is 376 g/mol. The second-order valence-electron chi connectivity index (χ2n) is 7.40. The Morgan fingerprint density at radius 3 is 2.57 bits per heavy atom. The van der Waals surface area contributed by atoms with Gasteiger partial charge in [-0.25, -0.2) is 4.79 Å². The maximum absolute atomic E-state index is 11.7. The van der Waals surface area contributed by atoms with E-state index in [0.29, 0.717) is 12.0 Å². The highest BCUT2D eigenvalue weighted by molar-refractivity contribution is 5.89. The van der Waals surface area contributed by atoms with Gasteiger partial charge in [0, 0.05) is 30.4 Å². The molecule has 3 aromatic rings. The number of carbonyl (C=O) groups is 1. The fourth-order valence-electron chi connectivity index (χ4n) is 4.04. The maximum atomic E-state index is 11.7. The topological polar surface area (TPSA) is 94.0 Å². The molecular weight excluding hydrogens is 352 g/mol. The van der Waals surface area contributed by atoms with Gasteiger partial charge in [0.1, 0.15) is 0 Å². The highest BCUT2D eigenvalue weighted by Gasteiger charge is 2.25. The van der Waals surface area contributed by atoms with Crippen LogP contribution in [0.2, 0.25) is 0 Å². The van der Waals surface area contributed by atoms with E-state index in [-0.39, 0.29) is 17.6 Å². The summed E-state index contributed by atoms with van der Waals surface area (Å²) in [5.74, 6) is -0.937. The normalized spacial score (nSPS) is 19.5. The third kappa shape index (κ3) is 3.68. The lowest BCUT2D eigenvalue weighted by Gasteiger charge is -2.28. The molecule has 6 heteroatoms. The molecule has 0 spiro atoms. The number of nitrogens with two attached hydrogens (primary N) is 1. The summed E-state index contributed by atoms with van der Waals surface area (Å²) in [6, 6.07) is 12.2. The van der Waals surface area contributed by atoms with Gasteiger partial charge in [-0.15, -0.1) is 0 Å². The molecule has 1 saturated carbocycles. The van der Waals surface area contributed by atoms with E-state index < -0.39 is 5.97 Å². The Labute approximate surface area is 164 Å². The number of hydrogen-bond donors (Lipinski definition) is 2. The minimum atomic E-state index is -0.937. The van der Waals surface area contributed by atoms with Gasteiger partial charge in [-0.2, -0.15) is 5.10 Å². The minimum absolute atomic E-state index is 0.265. The molecule has 0 atom stereocenters. The molecule has 3 N–H and O–H groups in total. The molecule has 1 fully saturated rings. The predicted molar refractivity (Wildman–Crippen MR) is 107 cm³/mol. The Morgan fingerprint density at radius 2 is 1.86 bits per heavy atom. The van der Waals surface area contributed by atoms with Crippen molar-refractivity contribution in [1.29, 1.82) is 0 Å². The first-order chi connectivity index (χ1) is 13.6. The minimum Gasteiger partial charge on any atom is -0.478 e. The summed E-state index contributed by atoms with van der Waals surface area (Å²) in [7, 11) is 0. The first-order valence-electron chi connectivity index (χ1n) is 9.67. The van der Waals surface area contributed by atoms with Gasteiger partial charge in [0.25, 0.3) is 0 Å². The molecule has 0 radical (unpaired) electrons. The van der Waals surface area contributed by atoms with Crippen LogP contribution in [0.1, 0.15) is 53.3 Å². The van der Waals surface area contributed by atoms with Gasteiger partial charge in [-0.05, 0) is 42.9 Å². The van der Waals surface area contributed by atoms with Crippen molar-refractivity contribution in [2.24, 2.45) is 5.73 Å². The summed E-state index contributed by atoms with van der Waals surface area (Å²) in [6.07, 6.45) is 9.48. The molecule has 1 aliphatic rings. The molecule has 4 rings (SSSR count). The Morgan fingerprint density at radius 1 is 1.11 bits per heavy atom. The monoisotopic (exact) mass is 376 g/mol. The van der Waals surface area contributed by atoms with Gasteiger partial charge < -0.3 is 10.8 Å². The zero-order valence-corrected chi connectivity index (χ0v) is 15.7. The highest BCUT2D eigenvalue weighted by Crippen LogP contribution is 2.33. The quantitative estimate of drug-likeness (QED) is 0.708. The number of hydrogen-bond acceptors (Lipinski definition) is 4. The Bertz CT molecular complexity index is 960. The summed E-state index contributed by atoms with van der Waals surface area (Å²) < 4.78 is 2.09. The van der Waals surface area contributed by atoms with Crippen LogP contribution in [0.3, 0.4) is 0 Å². The molecule has 0 bridgehead atoms. The molecule has 2 aromatic heterocycles. The van der Waals surface area contributed by atoms with Gasteiger partial charge in [-0.1, -0.05) is 30.3 Å². The first-order valence-corrected chi connectivity index (χ1v) is 9.67. The van der Waals surface area contributed by atoms with Gasteiger partial charge in [0.15, 0.2) is 0 Å². The van der Waals surface area contributed by atoms with Crippen molar-refractivity contribution in [1.82, 2.24) is 14.8 Å². The fraction of sp³-hybridized carbons (Fsp3) is 0.318. The van der Waals surface area contributed by atoms with Crippen LogP contribution in [0.25, 0.3) is 11.1 Å². The van der Waals surface area contributed by atoms with Crippen LogP contribution in [0.15, 0.2) is 55.0 Å². The summed E-state index contributed by atoms with van der Waals surface area (Å²) in [4.78, 5) is 15.8. The zero-order valence-electron chi connectivity index (χ0n) is 15.7. The van der Waals surface area contributed by atoms with Crippen molar-refractivity contribution in [2.75, 3.05) is 0 Å². The lowest BCUT2D eigenvalue weighted by atomic mass is 9.91. The van der Waals surface area contributed by atoms with Crippen molar-refractivity contribution >= 4 is 5.97 Å². The van der Waals surface area contributed by atoms with Gasteiger partial charge in [0.05, 0.1) is 23.5 Å². The maximum Gasteiger partial charge on any atom is 0.336 e. The number of carboxylic acid groups (broad SMARTS) is 1. The molecule has 0 aliphatic heterocycles. The lowest BCUT2D eigenvalue weighted by Crippen LogP contribution is -2.29. The Balaban J connectivity index is 1.77. The van der Waals surface area contributed by atoms with Crippen molar-refractivity contribution in [3.8, 4) is 11.1 Å². The van der Waals surface area contributed by atoms with Crippen LogP contribution in [-0.2, 0) is 6.42 Å². The van der Waals surface area contributed by atoms with E-state index >= 15 is 0 Å². The molecule has 6 nitrogen and oxygen atoms in total. The Kier molecular flexibility index (Phi) is 5.21. The van der Waals surface area contributed by atoms with Crippen LogP contribution in [-0.4, -0.2) is 31.9 Å². The van der Waals surface area contributed by atoms with E-state index in [9.17, 15) is 9.90 Å². The van der Waals surface area contributed by atoms with Gasteiger partial charge >= 0.3 is 5.97 Å². The standard InChI is InChI=1S/C22H24N4O2/c23-17-6-8-18(9-7-17)26-21(12-16-13-24-11-10-19(16)22(27)28)20(14-25-26)15-4-2-1-3-5-15/h1-5,10-11,13-14,17-18H,6-9,12,23H2,(H,27,28). The summed E-state index contributed by atoms with van der Waals surface area (Å²) in [5, 5.41) is 14.3. The van der Waals surface area contributed by atoms with Crippen LogP contribution in [0.5, 0.6) is 0 Å². The molecular formula is C22H24N4O2. The van der Waals surface area contributed by atoms with E-state index in [4.69, 9.17) is 10.8 Å². The largest absolute Gasteiger partial charge is 0.478 e. The molecule has 0 amide bonds. The second kappa shape index (κ2) is 7.94. The van der Waals surface area contributed by atoms with Crippen molar-refractivity contribution < 1.29 is 9.90 Å². The number of aromatic carboxylic acids is 1. The summed E-state index contributed by atoms with van der Waals surface area (Å²) in [6.45, 7) is 0. The van der Waals surface area contributed by atoms with Crippen LogP contribution >= 0.6 is 0 Å². The number of nitrogens with zero attached hydrogens (tertiary/aromatic N) is 3. The van der Waals surface area contributed by atoms with E-state index in [0.717, 1.165) is 42.5 Å². The zero-order chi connectivity index (χ0) is 19.5. The van der Waals surface area contributed by atoms with Gasteiger partial charge in [-0.3, -0.25) is 9.67 Å². The van der Waals surface area contributed by atoms with E-state index in [1.165, 1.54) is 6.20 Å². The third-order valence-electron chi connectivity index (χ3n) is 5.56. The molecule has 0 saturated heterocycles. The predicted octanol–water partition coefficient (Wildman–Crippen LogP) is 3.68. The molecule has 1 aromatic carbocycles. The summed E-state index contributed by atoms with van der Waals surface area (Å²) in [5.41, 5.74) is 10.2. The van der Waals surface area contributed by atoms with Crippen LogP contribution < -0.4 is 5.73 Å². The third-order valence-corrected chi connectivity index (χ3v) is 5.56. The number of pyridine rings is 1. The fourth-order valence-corrected chi connectivity index (χ4v) is 4.04. The molecule has 0 unspecified atom stereocenters. The lowest BCUT2D eigenvalue weighted by molar-refractivity contribution is 0.0695. The molecule has 2 heterocycles. The second-order valence-corrected chi connectivity index (χ2v) is 7.40. The summed E-state index contributed by atoms with van der Waals surface area (Å²) >= 11 is 0. The number of rotatable bonds is 5. The van der Waals surface area contributed by atoms with E-state index in [1.807, 2.05) is 24.4 Å².